The molecule has 2 rings (SSSR count). The number of benzene rings is 1. The number of halogens is 2. The number of carboxylic acids is 1. The second kappa shape index (κ2) is 8.85. The zero-order chi connectivity index (χ0) is 17.7. The predicted molar refractivity (Wildman–Crippen MR) is 102 cm³/mol. The molecule has 1 fully saturated rings. The van der Waals surface area contributed by atoms with Crippen molar-refractivity contribution in [3.63, 3.8) is 0 Å². The maximum Gasteiger partial charge on any atom is 0.303 e. The quantitative estimate of drug-likeness (QED) is 0.400. The molecule has 1 heterocycles. The van der Waals surface area contributed by atoms with Gasteiger partial charge in [0.25, 0.3) is 5.91 Å². The maximum atomic E-state index is 12.5. The van der Waals surface area contributed by atoms with Gasteiger partial charge in [0.05, 0.1) is 4.91 Å². The number of thioether (sulfide) groups is 1. The molecule has 1 aromatic carbocycles. The van der Waals surface area contributed by atoms with Gasteiger partial charge in [0.15, 0.2) is 0 Å². The van der Waals surface area contributed by atoms with E-state index in [0.717, 1.165) is 6.42 Å². The van der Waals surface area contributed by atoms with Gasteiger partial charge in [-0.05, 0) is 31.1 Å². The maximum absolute atomic E-state index is 12.5. The lowest BCUT2D eigenvalue weighted by Gasteiger charge is -2.13. The van der Waals surface area contributed by atoms with Crippen LogP contribution in [0.5, 0.6) is 0 Å². The van der Waals surface area contributed by atoms with Crippen molar-refractivity contribution >= 4 is 69.5 Å². The minimum absolute atomic E-state index is 0.142. The standard InChI is InChI=1S/C16H15Cl2NO3S2/c17-11-5-4-6-12(18)10(11)9-13-15(22)19(16(23)24-13)8-3-1-2-7-14(20)21/h4-6,9H,1-3,7-8H2,(H,20,21)/b13-9-. The second-order valence-corrected chi connectivity index (χ2v) is 7.66. The summed E-state index contributed by atoms with van der Waals surface area (Å²) in [4.78, 5) is 25.0. The summed E-state index contributed by atoms with van der Waals surface area (Å²) in [6, 6.07) is 5.16. The number of rotatable bonds is 7. The van der Waals surface area contributed by atoms with Crippen molar-refractivity contribution in [3.05, 3.63) is 38.7 Å². The first-order chi connectivity index (χ1) is 11.4. The Labute approximate surface area is 159 Å². The van der Waals surface area contributed by atoms with E-state index < -0.39 is 5.97 Å². The van der Waals surface area contributed by atoms with Gasteiger partial charge in [0.1, 0.15) is 4.32 Å². The Balaban J connectivity index is 2.01. The van der Waals surface area contributed by atoms with Crippen LogP contribution in [-0.4, -0.2) is 32.7 Å². The van der Waals surface area contributed by atoms with Crippen LogP contribution >= 0.6 is 47.2 Å². The van der Waals surface area contributed by atoms with Gasteiger partial charge in [0, 0.05) is 28.6 Å². The number of unbranched alkanes of at least 4 members (excludes halogenated alkanes) is 2. The number of aliphatic carboxylic acids is 1. The number of hydrogen-bond acceptors (Lipinski definition) is 4. The third-order valence-corrected chi connectivity index (χ3v) is 5.46. The molecule has 1 saturated heterocycles. The molecule has 1 amide bonds. The summed E-state index contributed by atoms with van der Waals surface area (Å²) >= 11 is 18.7. The Morgan fingerprint density at radius 2 is 1.92 bits per heavy atom. The summed E-state index contributed by atoms with van der Waals surface area (Å²) in [5.74, 6) is -0.973. The molecule has 8 heteroatoms. The number of hydrogen-bond donors (Lipinski definition) is 1. The van der Waals surface area contributed by atoms with Crippen LogP contribution < -0.4 is 0 Å². The van der Waals surface area contributed by atoms with E-state index in [1.165, 1.54) is 16.7 Å². The molecule has 1 aromatic rings. The van der Waals surface area contributed by atoms with E-state index >= 15 is 0 Å². The van der Waals surface area contributed by atoms with Gasteiger partial charge in [0.2, 0.25) is 0 Å². The first-order valence-electron chi connectivity index (χ1n) is 7.31. The van der Waals surface area contributed by atoms with Crippen LogP contribution in [0.15, 0.2) is 23.1 Å². The Bertz CT molecular complexity index is 686. The molecule has 1 aliphatic heterocycles. The van der Waals surface area contributed by atoms with Crippen LogP contribution in [0.25, 0.3) is 6.08 Å². The molecule has 24 heavy (non-hydrogen) atoms. The number of carbonyl (C=O) groups excluding carboxylic acids is 1. The number of amides is 1. The first kappa shape index (κ1) is 19.2. The summed E-state index contributed by atoms with van der Waals surface area (Å²) in [7, 11) is 0. The van der Waals surface area contributed by atoms with E-state index in [-0.39, 0.29) is 12.3 Å². The van der Waals surface area contributed by atoms with Gasteiger partial charge in [-0.2, -0.15) is 0 Å². The predicted octanol–water partition coefficient (Wildman–Crippen LogP) is 4.84. The number of carboxylic acid groups (broad SMARTS) is 1. The van der Waals surface area contributed by atoms with Gasteiger partial charge in [-0.3, -0.25) is 14.5 Å². The number of nitrogens with zero attached hydrogens (tertiary/aromatic N) is 1. The average molecular weight is 404 g/mol. The summed E-state index contributed by atoms with van der Waals surface area (Å²) in [6.07, 6.45) is 3.84. The number of thiocarbonyl (C=S) groups is 1. The lowest BCUT2D eigenvalue weighted by molar-refractivity contribution is -0.137. The number of carbonyl (C=O) groups is 2. The monoisotopic (exact) mass is 403 g/mol. The van der Waals surface area contributed by atoms with Crippen molar-refractivity contribution in [1.29, 1.82) is 0 Å². The molecule has 0 bridgehead atoms. The molecule has 0 saturated carbocycles. The molecule has 0 spiro atoms. The molecule has 4 nitrogen and oxygen atoms in total. The van der Waals surface area contributed by atoms with Gasteiger partial charge in [-0.15, -0.1) is 0 Å². The van der Waals surface area contributed by atoms with E-state index in [1.807, 2.05) is 0 Å². The van der Waals surface area contributed by atoms with Gasteiger partial charge in [-0.25, -0.2) is 0 Å². The fourth-order valence-electron chi connectivity index (χ4n) is 2.20. The van der Waals surface area contributed by atoms with E-state index in [0.29, 0.717) is 44.2 Å². The second-order valence-electron chi connectivity index (χ2n) is 5.17. The van der Waals surface area contributed by atoms with Crippen molar-refractivity contribution in [1.82, 2.24) is 4.90 Å². The molecule has 0 unspecified atom stereocenters. The van der Waals surface area contributed by atoms with Crippen LogP contribution in [0, 0.1) is 0 Å². The van der Waals surface area contributed by atoms with Crippen molar-refractivity contribution in [2.75, 3.05) is 6.54 Å². The Morgan fingerprint density at radius 3 is 2.54 bits per heavy atom. The van der Waals surface area contributed by atoms with Gasteiger partial charge < -0.3 is 5.11 Å². The minimum Gasteiger partial charge on any atom is -0.481 e. The summed E-state index contributed by atoms with van der Waals surface area (Å²) < 4.78 is 0.493. The van der Waals surface area contributed by atoms with Crippen LogP contribution in [0.4, 0.5) is 0 Å². The highest BCUT2D eigenvalue weighted by atomic mass is 35.5. The average Bonchev–Trinajstić information content (AvgIpc) is 2.77. The summed E-state index contributed by atoms with van der Waals surface area (Å²) in [5.41, 5.74) is 0.600. The van der Waals surface area contributed by atoms with E-state index in [4.69, 9.17) is 40.5 Å². The zero-order valence-electron chi connectivity index (χ0n) is 12.6. The summed E-state index contributed by atoms with van der Waals surface area (Å²) in [5, 5.41) is 9.56. The van der Waals surface area contributed by atoms with Crippen molar-refractivity contribution in [3.8, 4) is 0 Å². The SMILES string of the molecule is O=C(O)CCCCCN1C(=O)/C(=C/c2c(Cl)cccc2Cl)SC1=S. The largest absolute Gasteiger partial charge is 0.481 e. The fraction of sp³-hybridized carbons (Fsp3) is 0.312. The van der Waals surface area contributed by atoms with E-state index in [1.54, 1.807) is 24.3 Å². The van der Waals surface area contributed by atoms with Crippen molar-refractivity contribution < 1.29 is 14.7 Å². The molecular formula is C16H15Cl2NO3S2. The van der Waals surface area contributed by atoms with Gasteiger partial charge >= 0.3 is 5.97 Å². The zero-order valence-corrected chi connectivity index (χ0v) is 15.8. The Hall–Kier alpha value is -1.08. The molecule has 0 atom stereocenters. The molecule has 0 aromatic heterocycles. The van der Waals surface area contributed by atoms with E-state index in [2.05, 4.69) is 0 Å². The fourth-order valence-corrected chi connectivity index (χ4v) is 3.99. The summed E-state index contributed by atoms with van der Waals surface area (Å²) in [6.45, 7) is 0.484. The molecule has 0 radical (unpaired) electrons. The van der Waals surface area contributed by atoms with Crippen LogP contribution in [0.1, 0.15) is 31.2 Å². The molecule has 1 aliphatic rings. The molecule has 0 aliphatic carbocycles. The topological polar surface area (TPSA) is 57.6 Å². The smallest absolute Gasteiger partial charge is 0.303 e. The third-order valence-electron chi connectivity index (χ3n) is 3.42. The van der Waals surface area contributed by atoms with Crippen molar-refractivity contribution in [2.45, 2.75) is 25.7 Å². The first-order valence-corrected chi connectivity index (χ1v) is 9.29. The highest BCUT2D eigenvalue weighted by molar-refractivity contribution is 8.26. The lowest BCUT2D eigenvalue weighted by atomic mass is 10.2. The van der Waals surface area contributed by atoms with Gasteiger partial charge in [-0.1, -0.05) is 59.7 Å². The highest BCUT2D eigenvalue weighted by Gasteiger charge is 2.31. The highest BCUT2D eigenvalue weighted by Crippen LogP contribution is 2.35. The Kier molecular flexibility index (Phi) is 7.10. The normalized spacial score (nSPS) is 16.2. The lowest BCUT2D eigenvalue weighted by Crippen LogP contribution is -2.29. The minimum atomic E-state index is -0.805. The molecular weight excluding hydrogens is 389 g/mol. The molecule has 128 valence electrons. The van der Waals surface area contributed by atoms with Crippen LogP contribution in [0.2, 0.25) is 10.0 Å². The Morgan fingerprint density at radius 1 is 1.25 bits per heavy atom. The van der Waals surface area contributed by atoms with Crippen molar-refractivity contribution in [2.24, 2.45) is 0 Å². The van der Waals surface area contributed by atoms with E-state index in [9.17, 15) is 9.59 Å². The molecule has 1 N–H and O–H groups in total. The third kappa shape index (κ3) is 4.96. The van der Waals surface area contributed by atoms with Crippen LogP contribution in [-0.2, 0) is 9.59 Å². The van der Waals surface area contributed by atoms with Crippen LogP contribution in [0.3, 0.4) is 0 Å².